The Morgan fingerprint density at radius 2 is 1.63 bits per heavy atom. The highest BCUT2D eigenvalue weighted by atomic mass is 16.5. The minimum atomic E-state index is 0.299. The first-order chi connectivity index (χ1) is 13.3. The molecule has 3 fully saturated rings. The fourth-order valence-corrected chi connectivity index (χ4v) is 4.67. The summed E-state index contributed by atoms with van der Waals surface area (Å²) in [7, 11) is 0. The summed E-state index contributed by atoms with van der Waals surface area (Å²) in [4.78, 5) is 16.7. The van der Waals surface area contributed by atoms with E-state index in [1.807, 2.05) is 17.0 Å². The number of ether oxygens (including phenoxy) is 1. The van der Waals surface area contributed by atoms with Crippen LogP contribution in [-0.4, -0.2) is 53.3 Å². The summed E-state index contributed by atoms with van der Waals surface area (Å²) in [5.41, 5.74) is 0. The average molecular weight is 373 g/mol. The van der Waals surface area contributed by atoms with E-state index in [2.05, 4.69) is 15.1 Å². The normalized spacial score (nSPS) is 22.2. The third-order valence-electron chi connectivity index (χ3n) is 6.36. The SMILES string of the molecule is O=C(CC1CCCC1)N1CCN(c2ccc(OC3CCCCC3)nn2)CC1. The number of hydrogen-bond donors (Lipinski definition) is 0. The summed E-state index contributed by atoms with van der Waals surface area (Å²) < 4.78 is 5.96. The maximum Gasteiger partial charge on any atom is 0.233 e. The summed E-state index contributed by atoms with van der Waals surface area (Å²) in [5.74, 6) is 2.48. The molecule has 1 aromatic rings. The summed E-state index contributed by atoms with van der Waals surface area (Å²) in [5, 5.41) is 8.64. The molecule has 2 heterocycles. The average Bonchev–Trinajstić information content (AvgIpc) is 3.22. The van der Waals surface area contributed by atoms with E-state index in [1.165, 1.54) is 44.9 Å². The van der Waals surface area contributed by atoms with E-state index >= 15 is 0 Å². The van der Waals surface area contributed by atoms with Crippen LogP contribution in [0.15, 0.2) is 12.1 Å². The third kappa shape index (κ3) is 4.90. The van der Waals surface area contributed by atoms with Gasteiger partial charge in [0.1, 0.15) is 6.10 Å². The molecule has 6 heteroatoms. The van der Waals surface area contributed by atoms with Crippen LogP contribution in [0.5, 0.6) is 5.88 Å². The largest absolute Gasteiger partial charge is 0.473 e. The molecule has 6 nitrogen and oxygen atoms in total. The van der Waals surface area contributed by atoms with Crippen LogP contribution in [0.4, 0.5) is 5.82 Å². The molecule has 2 saturated carbocycles. The minimum absolute atomic E-state index is 0.299. The van der Waals surface area contributed by atoms with Crippen molar-refractivity contribution in [2.75, 3.05) is 31.1 Å². The summed E-state index contributed by atoms with van der Waals surface area (Å²) in [6, 6.07) is 3.94. The van der Waals surface area contributed by atoms with Crippen LogP contribution >= 0.6 is 0 Å². The van der Waals surface area contributed by atoms with Gasteiger partial charge >= 0.3 is 0 Å². The molecular formula is C21H32N4O2. The number of aromatic nitrogens is 2. The van der Waals surface area contributed by atoms with Crippen molar-refractivity contribution in [3.63, 3.8) is 0 Å². The molecule has 148 valence electrons. The van der Waals surface area contributed by atoms with E-state index in [4.69, 9.17) is 4.74 Å². The molecule has 3 aliphatic rings. The lowest BCUT2D eigenvalue weighted by molar-refractivity contribution is -0.132. The van der Waals surface area contributed by atoms with Crippen LogP contribution in [0.2, 0.25) is 0 Å². The van der Waals surface area contributed by atoms with Crippen LogP contribution in [-0.2, 0) is 4.79 Å². The number of nitrogens with zero attached hydrogens (tertiary/aromatic N) is 4. The van der Waals surface area contributed by atoms with E-state index in [0.29, 0.717) is 23.8 Å². The van der Waals surface area contributed by atoms with Crippen LogP contribution in [0.1, 0.15) is 64.2 Å². The quantitative estimate of drug-likeness (QED) is 0.793. The molecule has 1 amide bonds. The lowest BCUT2D eigenvalue weighted by Gasteiger charge is -2.35. The molecule has 4 rings (SSSR count). The molecule has 0 unspecified atom stereocenters. The number of amides is 1. The van der Waals surface area contributed by atoms with Gasteiger partial charge in [-0.2, -0.15) is 0 Å². The van der Waals surface area contributed by atoms with Crippen molar-refractivity contribution in [1.29, 1.82) is 0 Å². The molecule has 1 saturated heterocycles. The van der Waals surface area contributed by atoms with Gasteiger partial charge in [-0.3, -0.25) is 4.79 Å². The maximum absolute atomic E-state index is 12.5. The zero-order valence-electron chi connectivity index (χ0n) is 16.3. The molecule has 2 aliphatic carbocycles. The van der Waals surface area contributed by atoms with E-state index in [9.17, 15) is 4.79 Å². The van der Waals surface area contributed by atoms with Gasteiger partial charge in [0.2, 0.25) is 11.8 Å². The van der Waals surface area contributed by atoms with Gasteiger partial charge in [-0.1, -0.05) is 19.3 Å². The van der Waals surface area contributed by atoms with Crippen molar-refractivity contribution in [3.8, 4) is 5.88 Å². The van der Waals surface area contributed by atoms with E-state index in [0.717, 1.165) is 51.3 Å². The molecule has 0 atom stereocenters. The Hall–Kier alpha value is -1.85. The number of piperazine rings is 1. The monoisotopic (exact) mass is 372 g/mol. The van der Waals surface area contributed by atoms with Gasteiger partial charge in [0.15, 0.2) is 5.82 Å². The highest BCUT2D eigenvalue weighted by Gasteiger charge is 2.25. The van der Waals surface area contributed by atoms with Crippen molar-refractivity contribution >= 4 is 11.7 Å². The Balaban J connectivity index is 1.24. The second-order valence-electron chi connectivity index (χ2n) is 8.33. The highest BCUT2D eigenvalue weighted by Crippen LogP contribution is 2.28. The predicted octanol–water partition coefficient (Wildman–Crippen LogP) is 3.42. The standard InChI is InChI=1S/C21H32N4O2/c26-21(16-17-6-4-5-7-17)25-14-12-24(13-15-25)19-10-11-20(23-22-19)27-18-8-2-1-3-9-18/h10-11,17-18H,1-9,12-16H2. The second-order valence-corrected chi connectivity index (χ2v) is 8.33. The van der Waals surface area contributed by atoms with Gasteiger partial charge in [0.05, 0.1) is 0 Å². The molecule has 0 radical (unpaired) electrons. The minimum Gasteiger partial charge on any atom is -0.473 e. The fourth-order valence-electron chi connectivity index (χ4n) is 4.67. The Labute approximate surface area is 162 Å². The molecule has 1 aliphatic heterocycles. The van der Waals surface area contributed by atoms with Crippen LogP contribution in [0.25, 0.3) is 0 Å². The van der Waals surface area contributed by atoms with Gasteiger partial charge in [-0.25, -0.2) is 0 Å². The first kappa shape index (κ1) is 18.5. The van der Waals surface area contributed by atoms with Crippen molar-refractivity contribution in [3.05, 3.63) is 12.1 Å². The van der Waals surface area contributed by atoms with Gasteiger partial charge in [-0.05, 0) is 50.5 Å². The fraction of sp³-hybridized carbons (Fsp3) is 0.762. The van der Waals surface area contributed by atoms with Crippen molar-refractivity contribution in [2.45, 2.75) is 70.3 Å². The summed E-state index contributed by atoms with van der Waals surface area (Å²) in [6.45, 7) is 3.23. The highest BCUT2D eigenvalue weighted by molar-refractivity contribution is 5.76. The van der Waals surface area contributed by atoms with Gasteiger partial charge < -0.3 is 14.5 Å². The lowest BCUT2D eigenvalue weighted by atomic mass is 9.98. The molecule has 27 heavy (non-hydrogen) atoms. The number of carbonyl (C=O) groups excluding carboxylic acids is 1. The first-order valence-electron chi connectivity index (χ1n) is 10.8. The Bertz CT molecular complexity index is 601. The zero-order valence-corrected chi connectivity index (χ0v) is 16.3. The Morgan fingerprint density at radius 3 is 2.30 bits per heavy atom. The molecule has 0 aromatic carbocycles. The Morgan fingerprint density at radius 1 is 0.926 bits per heavy atom. The number of hydrogen-bond acceptors (Lipinski definition) is 5. The van der Waals surface area contributed by atoms with E-state index < -0.39 is 0 Å². The van der Waals surface area contributed by atoms with Crippen LogP contribution in [0.3, 0.4) is 0 Å². The van der Waals surface area contributed by atoms with E-state index in [-0.39, 0.29) is 0 Å². The van der Waals surface area contributed by atoms with Crippen molar-refractivity contribution in [2.24, 2.45) is 5.92 Å². The topological polar surface area (TPSA) is 58.6 Å². The third-order valence-corrected chi connectivity index (χ3v) is 6.36. The number of anilines is 1. The van der Waals surface area contributed by atoms with Gasteiger partial charge in [0.25, 0.3) is 0 Å². The van der Waals surface area contributed by atoms with Gasteiger partial charge in [0, 0.05) is 38.7 Å². The predicted molar refractivity (Wildman–Crippen MR) is 105 cm³/mol. The number of carbonyl (C=O) groups is 1. The molecular weight excluding hydrogens is 340 g/mol. The maximum atomic E-state index is 12.5. The smallest absolute Gasteiger partial charge is 0.233 e. The van der Waals surface area contributed by atoms with Crippen LogP contribution in [0, 0.1) is 5.92 Å². The lowest BCUT2D eigenvalue weighted by Crippen LogP contribution is -2.49. The summed E-state index contributed by atoms with van der Waals surface area (Å²) >= 11 is 0. The second kappa shape index (κ2) is 8.89. The zero-order chi connectivity index (χ0) is 18.5. The molecule has 1 aromatic heterocycles. The molecule has 0 bridgehead atoms. The molecule has 0 N–H and O–H groups in total. The van der Waals surface area contributed by atoms with Gasteiger partial charge in [-0.15, -0.1) is 10.2 Å². The van der Waals surface area contributed by atoms with Crippen molar-refractivity contribution < 1.29 is 9.53 Å². The summed E-state index contributed by atoms with van der Waals surface area (Å²) in [6.07, 6.45) is 12.2. The van der Waals surface area contributed by atoms with Crippen LogP contribution < -0.4 is 9.64 Å². The Kier molecular flexibility index (Phi) is 6.10. The van der Waals surface area contributed by atoms with E-state index in [1.54, 1.807) is 0 Å². The number of rotatable bonds is 5. The van der Waals surface area contributed by atoms with Crippen molar-refractivity contribution in [1.82, 2.24) is 15.1 Å². The first-order valence-corrected chi connectivity index (χ1v) is 10.8. The molecule has 0 spiro atoms.